The second-order valence-electron chi connectivity index (χ2n) is 9.95. The molecule has 0 saturated carbocycles. The van der Waals surface area contributed by atoms with Gasteiger partial charge in [0.15, 0.2) is 0 Å². The van der Waals surface area contributed by atoms with E-state index >= 15 is 0 Å². The van der Waals surface area contributed by atoms with Gasteiger partial charge in [-0.05, 0) is 52.9 Å². The number of aliphatic hydroxyl groups is 1. The van der Waals surface area contributed by atoms with Crippen molar-refractivity contribution < 1.29 is 34.1 Å². The van der Waals surface area contributed by atoms with Crippen LogP contribution in [0.3, 0.4) is 0 Å². The summed E-state index contributed by atoms with van der Waals surface area (Å²) in [6, 6.07) is -2.84. The lowest BCUT2D eigenvalue weighted by Crippen LogP contribution is -2.59. The first-order valence-electron chi connectivity index (χ1n) is 11.4. The molecule has 0 aromatic heterocycles. The summed E-state index contributed by atoms with van der Waals surface area (Å²) in [7, 11) is 0. The molecule has 6 N–H and O–H groups in total. The molecule has 1 aliphatic heterocycles. The minimum Gasteiger partial charge on any atom is -0.465 e. The summed E-state index contributed by atoms with van der Waals surface area (Å²) in [5.41, 5.74) is -0.617. The number of nitrogens with one attached hydrogen (secondary N) is 4. The summed E-state index contributed by atoms with van der Waals surface area (Å²) in [6.45, 7) is 10.9. The van der Waals surface area contributed by atoms with Crippen LogP contribution in [-0.4, -0.2) is 77.0 Å². The van der Waals surface area contributed by atoms with Crippen molar-refractivity contribution in [1.29, 1.82) is 0 Å². The molecule has 1 aliphatic rings. The summed E-state index contributed by atoms with van der Waals surface area (Å²) in [5.74, 6) is -1.55. The van der Waals surface area contributed by atoms with E-state index in [0.717, 1.165) is 0 Å². The lowest BCUT2D eigenvalue weighted by atomic mass is 9.97. The molecule has 0 bridgehead atoms. The summed E-state index contributed by atoms with van der Waals surface area (Å²) < 4.78 is 5.75. The van der Waals surface area contributed by atoms with Crippen LogP contribution < -0.4 is 21.3 Å². The fraction of sp³-hybridized carbons (Fsp3) is 0.818. The first-order chi connectivity index (χ1) is 15.2. The number of amides is 4. The van der Waals surface area contributed by atoms with Crippen LogP contribution in [0.2, 0.25) is 0 Å². The Kier molecular flexibility index (Phi) is 11.1. The zero-order valence-electron chi connectivity index (χ0n) is 20.4. The summed E-state index contributed by atoms with van der Waals surface area (Å²) in [6.07, 6.45) is -0.968. The van der Waals surface area contributed by atoms with Crippen molar-refractivity contribution >= 4 is 23.8 Å². The fourth-order valence-electron chi connectivity index (χ4n) is 3.81. The molecule has 5 atom stereocenters. The van der Waals surface area contributed by atoms with Gasteiger partial charge >= 0.3 is 6.09 Å². The molecule has 0 aliphatic carbocycles. The predicted molar refractivity (Wildman–Crippen MR) is 121 cm³/mol. The molecule has 4 amide bonds. The number of aliphatic hydroxyl groups excluding tert-OH is 1. The Morgan fingerprint density at radius 2 is 1.76 bits per heavy atom. The van der Waals surface area contributed by atoms with Crippen molar-refractivity contribution in [3.8, 4) is 0 Å². The Bertz CT molecular complexity index is 693. The summed E-state index contributed by atoms with van der Waals surface area (Å²) in [5, 5.41) is 29.1. The molecule has 1 fully saturated rings. The molecule has 0 aromatic rings. The minimum atomic E-state index is -1.39. The molecule has 1 rings (SSSR count). The zero-order valence-corrected chi connectivity index (χ0v) is 20.4. The highest BCUT2D eigenvalue weighted by Gasteiger charge is 2.34. The topological polar surface area (TPSA) is 166 Å². The second-order valence-corrected chi connectivity index (χ2v) is 9.95. The lowest BCUT2D eigenvalue weighted by Gasteiger charge is -2.31. The van der Waals surface area contributed by atoms with Crippen LogP contribution in [-0.2, 0) is 19.1 Å². The normalized spacial score (nSPS) is 19.9. The first-order valence-corrected chi connectivity index (χ1v) is 11.4. The average Bonchev–Trinajstić information content (AvgIpc) is 3.07. The summed E-state index contributed by atoms with van der Waals surface area (Å²) in [4.78, 5) is 49.1. The molecule has 0 spiro atoms. The number of hydrogen-bond acceptors (Lipinski definition) is 6. The van der Waals surface area contributed by atoms with Crippen molar-refractivity contribution in [1.82, 2.24) is 21.3 Å². The second kappa shape index (κ2) is 12.7. The van der Waals surface area contributed by atoms with Gasteiger partial charge in [-0.1, -0.05) is 13.8 Å². The third-order valence-corrected chi connectivity index (χ3v) is 5.21. The van der Waals surface area contributed by atoms with Crippen LogP contribution in [0.5, 0.6) is 0 Å². The molecule has 0 radical (unpaired) electrons. The van der Waals surface area contributed by atoms with Gasteiger partial charge in [-0.25, -0.2) is 4.79 Å². The standard InChI is InChI=1S/C22H40N4O7/c1-12(2)9-16(19(29)24-15(11-27)10-14-7-8-23-18(14)28)25-20(30)17(26-21(31)32)13(3)33-22(4,5)6/h12-17,26-27H,7-11H2,1-6H3,(H,23,28)(H,24,29)(H,25,30)(H,31,32)/t13-,14?,15?,16?,17+/m1/s1. The van der Waals surface area contributed by atoms with Crippen LogP contribution in [0.15, 0.2) is 0 Å². The van der Waals surface area contributed by atoms with Crippen LogP contribution in [0.1, 0.15) is 60.8 Å². The molecule has 11 nitrogen and oxygen atoms in total. The molecule has 1 saturated heterocycles. The van der Waals surface area contributed by atoms with Gasteiger partial charge in [0, 0.05) is 12.5 Å². The quantitative estimate of drug-likeness (QED) is 0.238. The van der Waals surface area contributed by atoms with E-state index in [2.05, 4.69) is 21.3 Å². The minimum absolute atomic E-state index is 0.0448. The van der Waals surface area contributed by atoms with Crippen molar-refractivity contribution in [3.05, 3.63) is 0 Å². The molecule has 1 heterocycles. The smallest absolute Gasteiger partial charge is 0.405 e. The van der Waals surface area contributed by atoms with E-state index in [1.807, 2.05) is 13.8 Å². The number of ether oxygens (including phenoxy) is 1. The Hall–Kier alpha value is -2.40. The first kappa shape index (κ1) is 28.6. The molecule has 190 valence electrons. The number of carbonyl (C=O) groups is 4. The number of hydrogen-bond donors (Lipinski definition) is 6. The third-order valence-electron chi connectivity index (χ3n) is 5.21. The number of rotatable bonds is 12. The van der Waals surface area contributed by atoms with Crippen molar-refractivity contribution in [3.63, 3.8) is 0 Å². The average molecular weight is 473 g/mol. The van der Waals surface area contributed by atoms with Gasteiger partial charge in [-0.2, -0.15) is 0 Å². The van der Waals surface area contributed by atoms with Gasteiger partial charge in [0.1, 0.15) is 12.1 Å². The number of carboxylic acid groups (broad SMARTS) is 1. The summed E-state index contributed by atoms with van der Waals surface area (Å²) >= 11 is 0. The van der Waals surface area contributed by atoms with Crippen molar-refractivity contribution in [2.45, 2.75) is 90.6 Å². The molecule has 33 heavy (non-hydrogen) atoms. The molecule has 3 unspecified atom stereocenters. The van der Waals surface area contributed by atoms with E-state index in [0.29, 0.717) is 19.4 Å². The Morgan fingerprint density at radius 3 is 2.21 bits per heavy atom. The highest BCUT2D eigenvalue weighted by atomic mass is 16.5. The van der Waals surface area contributed by atoms with Crippen molar-refractivity contribution in [2.24, 2.45) is 11.8 Å². The lowest BCUT2D eigenvalue weighted by molar-refractivity contribution is -0.135. The van der Waals surface area contributed by atoms with E-state index in [1.165, 1.54) is 0 Å². The fourth-order valence-corrected chi connectivity index (χ4v) is 3.81. The molecule has 11 heteroatoms. The highest BCUT2D eigenvalue weighted by molar-refractivity contribution is 5.91. The predicted octanol–water partition coefficient (Wildman–Crippen LogP) is 0.360. The molecule has 0 aromatic carbocycles. The van der Waals surface area contributed by atoms with Crippen molar-refractivity contribution in [2.75, 3.05) is 13.2 Å². The monoisotopic (exact) mass is 472 g/mol. The maximum Gasteiger partial charge on any atom is 0.405 e. The van der Waals surface area contributed by atoms with E-state index < -0.39 is 47.7 Å². The van der Waals surface area contributed by atoms with Crippen LogP contribution in [0.25, 0.3) is 0 Å². The largest absolute Gasteiger partial charge is 0.465 e. The Balaban J connectivity index is 2.92. The highest BCUT2D eigenvalue weighted by Crippen LogP contribution is 2.17. The van der Waals surface area contributed by atoms with Gasteiger partial charge in [0.2, 0.25) is 17.7 Å². The van der Waals surface area contributed by atoms with Gasteiger partial charge in [0.25, 0.3) is 0 Å². The van der Waals surface area contributed by atoms with Gasteiger partial charge in [-0.15, -0.1) is 0 Å². The van der Waals surface area contributed by atoms with E-state index in [9.17, 15) is 29.4 Å². The van der Waals surface area contributed by atoms with E-state index in [1.54, 1.807) is 27.7 Å². The van der Waals surface area contributed by atoms with Crippen LogP contribution in [0.4, 0.5) is 4.79 Å². The van der Waals surface area contributed by atoms with E-state index in [-0.39, 0.29) is 30.8 Å². The molecular formula is C22H40N4O7. The van der Waals surface area contributed by atoms with Crippen LogP contribution in [0, 0.1) is 11.8 Å². The molecular weight excluding hydrogens is 432 g/mol. The number of carbonyl (C=O) groups excluding carboxylic acids is 3. The van der Waals surface area contributed by atoms with Gasteiger partial charge in [0.05, 0.1) is 24.4 Å². The maximum atomic E-state index is 13.0. The maximum absolute atomic E-state index is 13.0. The Morgan fingerprint density at radius 1 is 1.12 bits per heavy atom. The van der Waals surface area contributed by atoms with E-state index in [4.69, 9.17) is 4.74 Å². The van der Waals surface area contributed by atoms with Gasteiger partial charge in [-0.3, -0.25) is 14.4 Å². The SMILES string of the molecule is CC(C)CC(NC(=O)[C@@H](NC(=O)O)[C@@H](C)OC(C)(C)C)C(=O)NC(CO)CC1CCNC1=O. The Labute approximate surface area is 195 Å². The van der Waals surface area contributed by atoms with Gasteiger partial charge < -0.3 is 36.2 Å². The third kappa shape index (κ3) is 10.4. The van der Waals surface area contributed by atoms with Crippen LogP contribution >= 0.6 is 0 Å². The zero-order chi connectivity index (χ0) is 25.3.